The number of morpholine rings is 1. The van der Waals surface area contributed by atoms with Crippen LogP contribution in [0.25, 0.3) is 26.2 Å². The van der Waals surface area contributed by atoms with E-state index in [-0.39, 0.29) is 10.6 Å². The van der Waals surface area contributed by atoms with Gasteiger partial charge in [0, 0.05) is 43.5 Å². The van der Waals surface area contributed by atoms with Gasteiger partial charge in [0.1, 0.15) is 17.2 Å². The Labute approximate surface area is 177 Å². The van der Waals surface area contributed by atoms with Crippen LogP contribution in [0.1, 0.15) is 0 Å². The zero-order valence-electron chi connectivity index (χ0n) is 16.3. The summed E-state index contributed by atoms with van der Waals surface area (Å²) in [7, 11) is 0. The topological polar surface area (TPSA) is 69.2 Å². The summed E-state index contributed by atoms with van der Waals surface area (Å²) in [6, 6.07) is 15.0. The number of thiazole rings is 1. The van der Waals surface area contributed by atoms with Crippen LogP contribution in [-0.2, 0) is 4.74 Å². The molecule has 0 aliphatic carbocycles. The number of ether oxygens (including phenoxy) is 2. The van der Waals surface area contributed by atoms with E-state index in [1.165, 1.54) is 4.70 Å². The molecule has 0 bridgehead atoms. The molecular formula is C22H21N3O4S. The second kappa shape index (κ2) is 8.06. The van der Waals surface area contributed by atoms with Crippen LogP contribution in [0.15, 0.2) is 54.7 Å². The van der Waals surface area contributed by atoms with Gasteiger partial charge in [-0.15, -0.1) is 11.3 Å². The lowest BCUT2D eigenvalue weighted by atomic mass is 10.1. The summed E-state index contributed by atoms with van der Waals surface area (Å²) < 4.78 is 14.7. The fraction of sp³-hybridized carbons (Fsp3) is 0.273. The number of aromatic nitrogens is 1. The molecule has 0 unspecified atom stereocenters. The van der Waals surface area contributed by atoms with Crippen LogP contribution in [0.5, 0.6) is 5.75 Å². The van der Waals surface area contributed by atoms with Crippen molar-refractivity contribution in [3.63, 3.8) is 0 Å². The Morgan fingerprint density at radius 3 is 2.63 bits per heavy atom. The molecule has 3 heterocycles. The number of hydrogen-bond acceptors (Lipinski definition) is 6. The normalized spacial score (nSPS) is 15.1. The molecule has 1 saturated heterocycles. The first-order valence-corrected chi connectivity index (χ1v) is 10.7. The summed E-state index contributed by atoms with van der Waals surface area (Å²) in [6.07, 6.45) is 2.08. The van der Waals surface area contributed by atoms with E-state index < -0.39 is 0 Å². The standard InChI is InChI=1S/C22H21N3O4S/c26-25(27)18-3-1-16(2-4-18)17-13-22-24(15-17)20-6-5-19(14-21(20)30-22)29-12-9-23-7-10-28-11-8-23/h1-6,13-15H,7-12H2. The van der Waals surface area contributed by atoms with Crippen molar-refractivity contribution in [2.24, 2.45) is 0 Å². The average Bonchev–Trinajstić information content (AvgIpc) is 3.32. The molecule has 8 heteroatoms. The van der Waals surface area contributed by atoms with Gasteiger partial charge in [-0.3, -0.25) is 15.0 Å². The van der Waals surface area contributed by atoms with E-state index in [0.717, 1.165) is 60.1 Å². The van der Waals surface area contributed by atoms with Gasteiger partial charge < -0.3 is 13.9 Å². The van der Waals surface area contributed by atoms with Crippen molar-refractivity contribution < 1.29 is 14.4 Å². The molecule has 0 N–H and O–H groups in total. The van der Waals surface area contributed by atoms with Crippen molar-refractivity contribution in [1.82, 2.24) is 9.30 Å². The van der Waals surface area contributed by atoms with E-state index in [0.29, 0.717) is 6.61 Å². The summed E-state index contributed by atoms with van der Waals surface area (Å²) in [4.78, 5) is 14.0. The molecule has 7 nitrogen and oxygen atoms in total. The molecule has 1 fully saturated rings. The highest BCUT2D eigenvalue weighted by Gasteiger charge is 2.12. The van der Waals surface area contributed by atoms with Crippen molar-refractivity contribution in [2.45, 2.75) is 0 Å². The lowest BCUT2D eigenvalue weighted by Gasteiger charge is -2.26. The maximum Gasteiger partial charge on any atom is 0.269 e. The van der Waals surface area contributed by atoms with Crippen molar-refractivity contribution in [3.05, 3.63) is 64.8 Å². The minimum absolute atomic E-state index is 0.103. The SMILES string of the molecule is O=[N+]([O-])c1ccc(-c2cc3sc4cc(OCCN5CCOCC5)ccc4n3c2)cc1. The van der Waals surface area contributed by atoms with Crippen LogP contribution in [-0.4, -0.2) is 53.7 Å². The number of hydrogen-bond donors (Lipinski definition) is 0. The lowest BCUT2D eigenvalue weighted by Crippen LogP contribution is -2.38. The Bertz CT molecular complexity index is 1190. The minimum Gasteiger partial charge on any atom is -0.492 e. The summed E-state index contributed by atoms with van der Waals surface area (Å²) in [5.74, 6) is 0.885. The molecule has 0 amide bonds. The van der Waals surface area contributed by atoms with Crippen molar-refractivity contribution in [3.8, 4) is 16.9 Å². The smallest absolute Gasteiger partial charge is 0.269 e. The second-order valence-corrected chi connectivity index (χ2v) is 8.34. The molecule has 0 radical (unpaired) electrons. The maximum atomic E-state index is 10.9. The van der Waals surface area contributed by atoms with Gasteiger partial charge in [-0.25, -0.2) is 0 Å². The molecule has 1 aliphatic rings. The lowest BCUT2D eigenvalue weighted by molar-refractivity contribution is -0.384. The third-order valence-electron chi connectivity index (χ3n) is 5.38. The van der Waals surface area contributed by atoms with E-state index in [2.05, 4.69) is 33.7 Å². The Morgan fingerprint density at radius 2 is 1.87 bits per heavy atom. The highest BCUT2D eigenvalue weighted by Crippen LogP contribution is 2.34. The number of nitro benzene ring substituents is 1. The zero-order chi connectivity index (χ0) is 20.5. The van der Waals surface area contributed by atoms with Gasteiger partial charge in [-0.2, -0.15) is 0 Å². The zero-order valence-corrected chi connectivity index (χ0v) is 17.1. The molecule has 1 aliphatic heterocycles. The highest BCUT2D eigenvalue weighted by atomic mass is 32.1. The summed E-state index contributed by atoms with van der Waals surface area (Å²) in [6.45, 7) is 5.11. The number of non-ortho nitro benzene ring substituents is 1. The summed E-state index contributed by atoms with van der Waals surface area (Å²) >= 11 is 1.71. The fourth-order valence-corrected chi connectivity index (χ4v) is 4.84. The third kappa shape index (κ3) is 3.77. The van der Waals surface area contributed by atoms with E-state index >= 15 is 0 Å². The number of fused-ring (bicyclic) bond motifs is 3. The van der Waals surface area contributed by atoms with Gasteiger partial charge in [0.15, 0.2) is 0 Å². The molecule has 0 spiro atoms. The number of benzene rings is 2. The van der Waals surface area contributed by atoms with E-state index in [9.17, 15) is 10.1 Å². The first kappa shape index (κ1) is 19.0. The van der Waals surface area contributed by atoms with Gasteiger partial charge in [-0.1, -0.05) is 0 Å². The molecule has 2 aromatic carbocycles. The number of nitrogens with zero attached hydrogens (tertiary/aromatic N) is 3. The van der Waals surface area contributed by atoms with E-state index in [4.69, 9.17) is 9.47 Å². The maximum absolute atomic E-state index is 10.9. The van der Waals surface area contributed by atoms with Crippen molar-refractivity contribution >= 4 is 32.1 Å². The van der Waals surface area contributed by atoms with Gasteiger partial charge in [0.25, 0.3) is 5.69 Å². The minimum atomic E-state index is -0.379. The number of rotatable bonds is 6. The van der Waals surface area contributed by atoms with Crippen LogP contribution in [0.3, 0.4) is 0 Å². The molecule has 5 rings (SSSR count). The largest absolute Gasteiger partial charge is 0.492 e. The monoisotopic (exact) mass is 423 g/mol. The number of nitro groups is 1. The van der Waals surface area contributed by atoms with E-state index in [1.807, 2.05) is 6.07 Å². The summed E-state index contributed by atoms with van der Waals surface area (Å²) in [5.41, 5.74) is 3.24. The van der Waals surface area contributed by atoms with Gasteiger partial charge in [0.2, 0.25) is 0 Å². The first-order chi connectivity index (χ1) is 14.7. The molecule has 0 atom stereocenters. The Kier molecular flexibility index (Phi) is 5.12. The second-order valence-electron chi connectivity index (χ2n) is 7.28. The van der Waals surface area contributed by atoms with Gasteiger partial charge >= 0.3 is 0 Å². The van der Waals surface area contributed by atoms with Crippen molar-refractivity contribution in [2.75, 3.05) is 39.5 Å². The van der Waals surface area contributed by atoms with Crippen LogP contribution < -0.4 is 4.74 Å². The Morgan fingerprint density at radius 1 is 1.07 bits per heavy atom. The van der Waals surface area contributed by atoms with Gasteiger partial charge in [0.05, 0.1) is 28.4 Å². The van der Waals surface area contributed by atoms with E-state index in [1.54, 1.807) is 35.6 Å². The third-order valence-corrected chi connectivity index (χ3v) is 6.45. The highest BCUT2D eigenvalue weighted by molar-refractivity contribution is 7.24. The van der Waals surface area contributed by atoms with Gasteiger partial charge in [-0.05, 0) is 42.0 Å². The molecule has 2 aromatic heterocycles. The predicted molar refractivity (Wildman–Crippen MR) is 118 cm³/mol. The van der Waals surface area contributed by atoms with Crippen LogP contribution in [0.4, 0.5) is 5.69 Å². The van der Waals surface area contributed by atoms with Crippen LogP contribution >= 0.6 is 11.3 Å². The van der Waals surface area contributed by atoms with Crippen molar-refractivity contribution in [1.29, 1.82) is 0 Å². The molecular weight excluding hydrogens is 402 g/mol. The predicted octanol–water partition coefficient (Wildman–Crippen LogP) is 4.44. The molecule has 0 saturated carbocycles. The molecule has 30 heavy (non-hydrogen) atoms. The first-order valence-electron chi connectivity index (χ1n) is 9.90. The Balaban J connectivity index is 1.32. The van der Waals surface area contributed by atoms with Crippen LogP contribution in [0, 0.1) is 10.1 Å². The summed E-state index contributed by atoms with van der Waals surface area (Å²) in [5, 5.41) is 10.9. The van der Waals surface area contributed by atoms with Crippen LogP contribution in [0.2, 0.25) is 0 Å². The molecule has 154 valence electrons. The molecule has 4 aromatic rings. The Hall–Kier alpha value is -2.94. The average molecular weight is 423 g/mol. The fourth-order valence-electron chi connectivity index (χ4n) is 3.74. The quantitative estimate of drug-likeness (QED) is 0.339.